The fourth-order valence-corrected chi connectivity index (χ4v) is 2.14. The van der Waals surface area contributed by atoms with Crippen molar-refractivity contribution in [1.82, 2.24) is 0 Å². The van der Waals surface area contributed by atoms with E-state index in [1.807, 2.05) is 30.3 Å². The van der Waals surface area contributed by atoms with E-state index >= 15 is 0 Å². The molecule has 0 aromatic heterocycles. The minimum Gasteiger partial charge on any atom is -0.493 e. The molecule has 0 spiro atoms. The summed E-state index contributed by atoms with van der Waals surface area (Å²) in [5.41, 5.74) is 2.20. The molecule has 0 aliphatic heterocycles. The molecule has 3 nitrogen and oxygen atoms in total. The Kier molecular flexibility index (Phi) is 5.85. The Labute approximate surface area is 141 Å². The minimum absolute atomic E-state index is 0.403. The number of nitriles is 1. The number of methoxy groups -OCH3 is 1. The lowest BCUT2D eigenvalue weighted by atomic mass is 10.0. The lowest BCUT2D eigenvalue weighted by Gasteiger charge is -2.10. The van der Waals surface area contributed by atoms with Crippen molar-refractivity contribution in [3.8, 4) is 17.6 Å². The van der Waals surface area contributed by atoms with E-state index in [1.54, 1.807) is 31.4 Å². The summed E-state index contributed by atoms with van der Waals surface area (Å²) in [6.45, 7) is 4.02. The van der Waals surface area contributed by atoms with E-state index in [0.29, 0.717) is 28.7 Å². The van der Waals surface area contributed by atoms with Gasteiger partial charge in [-0.05, 0) is 41.5 Å². The Balaban J connectivity index is 2.34. The zero-order chi connectivity index (χ0) is 16.7. The first-order chi connectivity index (χ1) is 11.2. The van der Waals surface area contributed by atoms with E-state index in [9.17, 15) is 5.26 Å². The van der Waals surface area contributed by atoms with Crippen LogP contribution in [-0.4, -0.2) is 13.7 Å². The molecule has 0 unspecified atom stereocenters. The average Bonchev–Trinajstić information content (AvgIpc) is 2.59. The number of hydrogen-bond acceptors (Lipinski definition) is 3. The quantitative estimate of drug-likeness (QED) is 0.427. The zero-order valence-electron chi connectivity index (χ0n) is 12.8. The average molecular weight is 326 g/mol. The highest BCUT2D eigenvalue weighted by Gasteiger charge is 2.06. The van der Waals surface area contributed by atoms with Gasteiger partial charge in [0.25, 0.3) is 0 Å². The molecule has 0 aliphatic carbocycles. The van der Waals surface area contributed by atoms with E-state index in [1.165, 1.54) is 0 Å². The van der Waals surface area contributed by atoms with Crippen LogP contribution >= 0.6 is 11.6 Å². The standard InChI is InChI=1S/C19H16ClNO2/c1-3-10-23-18-9-4-14(12-19(18)22-2)11-16(13-21)15-5-7-17(20)8-6-15/h3-9,11-12H,1,10H2,2H3/b16-11+. The van der Waals surface area contributed by atoms with Crippen LogP contribution in [0.25, 0.3) is 11.6 Å². The number of nitrogens with zero attached hydrogens (tertiary/aromatic N) is 1. The molecule has 0 saturated carbocycles. The molecule has 0 atom stereocenters. The fraction of sp³-hybridized carbons (Fsp3) is 0.105. The summed E-state index contributed by atoms with van der Waals surface area (Å²) in [5.74, 6) is 1.24. The third-order valence-corrected chi connectivity index (χ3v) is 3.38. The first-order valence-electron chi connectivity index (χ1n) is 6.97. The van der Waals surface area contributed by atoms with Gasteiger partial charge < -0.3 is 9.47 Å². The van der Waals surface area contributed by atoms with Crippen LogP contribution in [0.4, 0.5) is 0 Å². The van der Waals surface area contributed by atoms with Crippen LogP contribution in [-0.2, 0) is 0 Å². The first-order valence-corrected chi connectivity index (χ1v) is 7.35. The lowest BCUT2D eigenvalue weighted by molar-refractivity contribution is 0.326. The molecule has 4 heteroatoms. The fourth-order valence-electron chi connectivity index (χ4n) is 2.02. The normalized spacial score (nSPS) is 10.7. The summed E-state index contributed by atoms with van der Waals surface area (Å²) in [6, 6.07) is 14.9. The van der Waals surface area contributed by atoms with Crippen LogP contribution in [0.2, 0.25) is 5.02 Å². The number of hydrogen-bond donors (Lipinski definition) is 0. The summed E-state index contributed by atoms with van der Waals surface area (Å²) in [5, 5.41) is 10.0. The van der Waals surface area contributed by atoms with Crippen LogP contribution in [0, 0.1) is 11.3 Å². The largest absolute Gasteiger partial charge is 0.493 e. The van der Waals surface area contributed by atoms with Crippen LogP contribution in [0.15, 0.2) is 55.1 Å². The van der Waals surface area contributed by atoms with Gasteiger partial charge in [-0.15, -0.1) is 0 Å². The molecule has 2 rings (SSSR count). The van der Waals surface area contributed by atoms with Gasteiger partial charge in [-0.3, -0.25) is 0 Å². The Morgan fingerprint density at radius 1 is 1.22 bits per heavy atom. The molecule has 2 aromatic rings. The van der Waals surface area contributed by atoms with Gasteiger partial charge in [-0.1, -0.05) is 42.5 Å². The van der Waals surface area contributed by atoms with E-state index in [0.717, 1.165) is 11.1 Å². The molecule has 23 heavy (non-hydrogen) atoms. The van der Waals surface area contributed by atoms with Crippen molar-refractivity contribution in [3.05, 3.63) is 71.3 Å². The molecule has 0 radical (unpaired) electrons. The molecule has 116 valence electrons. The highest BCUT2D eigenvalue weighted by atomic mass is 35.5. The molecule has 0 fully saturated rings. The van der Waals surface area contributed by atoms with Gasteiger partial charge in [0.2, 0.25) is 0 Å². The van der Waals surface area contributed by atoms with Crippen molar-refractivity contribution in [2.45, 2.75) is 0 Å². The zero-order valence-corrected chi connectivity index (χ0v) is 13.5. The molecule has 0 N–H and O–H groups in total. The summed E-state index contributed by atoms with van der Waals surface area (Å²) in [4.78, 5) is 0. The lowest BCUT2D eigenvalue weighted by Crippen LogP contribution is -1.96. The SMILES string of the molecule is C=CCOc1ccc(/C=C(\C#N)c2ccc(Cl)cc2)cc1OC. The van der Waals surface area contributed by atoms with Gasteiger partial charge in [0, 0.05) is 5.02 Å². The molecular weight excluding hydrogens is 310 g/mol. The maximum atomic E-state index is 9.39. The maximum absolute atomic E-state index is 9.39. The third kappa shape index (κ3) is 4.38. The summed E-state index contributed by atoms with van der Waals surface area (Å²) >= 11 is 5.88. The minimum atomic E-state index is 0.403. The van der Waals surface area contributed by atoms with Crippen molar-refractivity contribution in [2.24, 2.45) is 0 Å². The Morgan fingerprint density at radius 3 is 2.57 bits per heavy atom. The topological polar surface area (TPSA) is 42.2 Å². The van der Waals surface area contributed by atoms with Crippen LogP contribution < -0.4 is 9.47 Å². The second-order valence-corrected chi connectivity index (χ2v) is 5.12. The van der Waals surface area contributed by atoms with Gasteiger partial charge in [0.1, 0.15) is 6.61 Å². The second-order valence-electron chi connectivity index (χ2n) is 4.69. The number of rotatable bonds is 6. The smallest absolute Gasteiger partial charge is 0.161 e. The predicted octanol–water partition coefficient (Wildman–Crippen LogP) is 4.98. The van der Waals surface area contributed by atoms with Crippen molar-refractivity contribution in [2.75, 3.05) is 13.7 Å². The summed E-state index contributed by atoms with van der Waals surface area (Å²) in [7, 11) is 1.58. The Morgan fingerprint density at radius 2 is 1.96 bits per heavy atom. The maximum Gasteiger partial charge on any atom is 0.161 e. The number of benzene rings is 2. The number of allylic oxidation sites excluding steroid dienone is 1. The van der Waals surface area contributed by atoms with Crippen LogP contribution in [0.3, 0.4) is 0 Å². The Hall–Kier alpha value is -2.70. The van der Waals surface area contributed by atoms with Gasteiger partial charge in [-0.2, -0.15) is 5.26 Å². The van der Waals surface area contributed by atoms with Gasteiger partial charge >= 0.3 is 0 Å². The van der Waals surface area contributed by atoms with Crippen molar-refractivity contribution >= 4 is 23.3 Å². The molecule has 2 aromatic carbocycles. The molecular formula is C19H16ClNO2. The van der Waals surface area contributed by atoms with Gasteiger partial charge in [-0.25, -0.2) is 0 Å². The van der Waals surface area contributed by atoms with Crippen molar-refractivity contribution in [3.63, 3.8) is 0 Å². The van der Waals surface area contributed by atoms with Crippen molar-refractivity contribution < 1.29 is 9.47 Å². The molecule has 0 heterocycles. The second kappa shape index (κ2) is 8.07. The van der Waals surface area contributed by atoms with E-state index < -0.39 is 0 Å². The molecule has 0 bridgehead atoms. The monoisotopic (exact) mass is 325 g/mol. The molecule has 0 aliphatic rings. The Bertz CT molecular complexity index is 758. The van der Waals surface area contributed by atoms with E-state index in [2.05, 4.69) is 12.6 Å². The summed E-state index contributed by atoms with van der Waals surface area (Å²) in [6.07, 6.45) is 3.46. The predicted molar refractivity (Wildman–Crippen MR) is 93.6 cm³/mol. The number of halogens is 1. The van der Waals surface area contributed by atoms with Gasteiger partial charge in [0.05, 0.1) is 18.8 Å². The highest BCUT2D eigenvalue weighted by Crippen LogP contribution is 2.30. The highest BCUT2D eigenvalue weighted by molar-refractivity contribution is 6.30. The van der Waals surface area contributed by atoms with Crippen LogP contribution in [0.5, 0.6) is 11.5 Å². The van der Waals surface area contributed by atoms with Gasteiger partial charge in [0.15, 0.2) is 11.5 Å². The third-order valence-electron chi connectivity index (χ3n) is 3.13. The summed E-state index contributed by atoms with van der Waals surface area (Å²) < 4.78 is 10.8. The first kappa shape index (κ1) is 16.7. The van der Waals surface area contributed by atoms with E-state index in [4.69, 9.17) is 21.1 Å². The number of ether oxygens (including phenoxy) is 2. The molecule has 0 saturated heterocycles. The van der Waals surface area contributed by atoms with Crippen molar-refractivity contribution in [1.29, 1.82) is 5.26 Å². The van der Waals surface area contributed by atoms with E-state index in [-0.39, 0.29) is 0 Å². The van der Waals surface area contributed by atoms with Crippen LogP contribution in [0.1, 0.15) is 11.1 Å². The molecule has 0 amide bonds.